The number of hydrogen-bond acceptors (Lipinski definition) is 15. The zero-order valence-electron chi connectivity index (χ0n) is 22.0. The number of aliphatic hydroxyl groups is 6. The third-order valence-corrected chi connectivity index (χ3v) is 7.09. The summed E-state index contributed by atoms with van der Waals surface area (Å²) in [5.41, 5.74) is -0.249. The van der Waals surface area contributed by atoms with Crippen LogP contribution in [0.15, 0.2) is 45.6 Å². The monoisotopic (exact) mass is 594 g/mol. The number of phenolic OH excluding ortho intramolecular Hbond substituents is 2. The molecule has 228 valence electrons. The van der Waals surface area contributed by atoms with Gasteiger partial charge >= 0.3 is 5.63 Å². The molecule has 15 heteroatoms. The molecule has 2 aliphatic heterocycles. The highest BCUT2D eigenvalue weighted by molar-refractivity contribution is 5.98. The van der Waals surface area contributed by atoms with E-state index in [1.54, 1.807) is 0 Å². The van der Waals surface area contributed by atoms with Gasteiger partial charge in [0.2, 0.25) is 6.29 Å². The van der Waals surface area contributed by atoms with Crippen molar-refractivity contribution in [1.29, 1.82) is 0 Å². The van der Waals surface area contributed by atoms with E-state index in [-0.39, 0.29) is 40.4 Å². The van der Waals surface area contributed by atoms with Gasteiger partial charge in [0.25, 0.3) is 0 Å². The van der Waals surface area contributed by atoms with E-state index in [1.165, 1.54) is 37.4 Å². The van der Waals surface area contributed by atoms with E-state index < -0.39 is 73.3 Å². The molecule has 15 nitrogen and oxygen atoms in total. The molecule has 0 radical (unpaired) electrons. The predicted molar refractivity (Wildman–Crippen MR) is 139 cm³/mol. The van der Waals surface area contributed by atoms with Crippen LogP contribution >= 0.6 is 0 Å². The van der Waals surface area contributed by atoms with E-state index in [1.807, 2.05) is 0 Å². The van der Waals surface area contributed by atoms with E-state index >= 15 is 0 Å². The van der Waals surface area contributed by atoms with E-state index in [2.05, 4.69) is 0 Å². The Kier molecular flexibility index (Phi) is 8.56. The molecule has 8 N–H and O–H groups in total. The van der Waals surface area contributed by atoms with Crippen molar-refractivity contribution in [3.63, 3.8) is 0 Å². The van der Waals surface area contributed by atoms with Crippen molar-refractivity contribution < 1.29 is 69.0 Å². The van der Waals surface area contributed by atoms with Crippen LogP contribution in [0.3, 0.4) is 0 Å². The fraction of sp³-hybridized carbons (Fsp3) is 0.444. The molecule has 3 aromatic rings. The maximum Gasteiger partial charge on any atom is 0.336 e. The fourth-order valence-corrected chi connectivity index (χ4v) is 4.76. The summed E-state index contributed by atoms with van der Waals surface area (Å²) in [4.78, 5) is 12.4. The van der Waals surface area contributed by atoms with Crippen LogP contribution in [0.1, 0.15) is 0 Å². The van der Waals surface area contributed by atoms with Crippen molar-refractivity contribution in [3.05, 3.63) is 46.8 Å². The number of rotatable bonds is 7. The van der Waals surface area contributed by atoms with Crippen molar-refractivity contribution in [2.75, 3.05) is 20.3 Å². The number of phenols is 2. The van der Waals surface area contributed by atoms with Gasteiger partial charge in [-0.3, -0.25) is 0 Å². The first-order valence-electron chi connectivity index (χ1n) is 12.8. The standard InChI is InChI=1S/C27H30O15/c1-37-11-5-16-20(12(7-19(31)40-16)10-2-3-13(28)14(29)4-10)17(6-11)41-27-25(36)23(34)22(33)18(42-27)9-39-26-24(35)21(32)15(30)8-38-26/h2-7,15,18,21-30,32-36H,8-9H2,1H3/t15-,18-,21-,22-,23-,24+,25-,26-,27-/m0/s1. The molecule has 0 unspecified atom stereocenters. The third-order valence-electron chi connectivity index (χ3n) is 7.09. The Morgan fingerprint density at radius 3 is 2.31 bits per heavy atom. The number of aliphatic hydroxyl groups excluding tert-OH is 6. The van der Waals surface area contributed by atoms with Gasteiger partial charge in [0, 0.05) is 23.8 Å². The summed E-state index contributed by atoms with van der Waals surface area (Å²) >= 11 is 0. The number of aromatic hydroxyl groups is 2. The Labute approximate surface area is 236 Å². The normalized spacial score (nSPS) is 31.6. The summed E-state index contributed by atoms with van der Waals surface area (Å²) in [6, 6.07) is 7.80. The van der Waals surface area contributed by atoms with Gasteiger partial charge in [-0.25, -0.2) is 4.79 Å². The van der Waals surface area contributed by atoms with Crippen LogP contribution in [-0.2, 0) is 14.2 Å². The number of hydrogen-bond donors (Lipinski definition) is 8. The highest BCUT2D eigenvalue weighted by atomic mass is 16.7. The van der Waals surface area contributed by atoms with Gasteiger partial charge in [0.1, 0.15) is 59.8 Å². The quantitative estimate of drug-likeness (QED) is 0.115. The van der Waals surface area contributed by atoms with E-state index in [4.69, 9.17) is 28.1 Å². The molecule has 0 bridgehead atoms. The predicted octanol–water partition coefficient (Wildman–Crippen LogP) is -1.48. The lowest BCUT2D eigenvalue weighted by atomic mass is 9.98. The van der Waals surface area contributed by atoms with Gasteiger partial charge in [-0.1, -0.05) is 6.07 Å². The Balaban J connectivity index is 1.47. The summed E-state index contributed by atoms with van der Waals surface area (Å²) < 4.78 is 32.9. The third kappa shape index (κ3) is 5.74. The zero-order valence-corrected chi connectivity index (χ0v) is 22.0. The smallest absolute Gasteiger partial charge is 0.336 e. The SMILES string of the molecule is COc1cc(O[C@H]2O[C@@H](CO[C@@H]3OC[C@H](O)[C@H](O)[C@H]3O)[C@H](O)[C@H](O)[C@@H]2O)c2c(-c3ccc(O)c(O)c3)cc(=O)oc2c1. The Bertz CT molecular complexity index is 1470. The van der Waals surface area contributed by atoms with Crippen LogP contribution in [0.4, 0.5) is 0 Å². The number of ether oxygens (including phenoxy) is 5. The fourth-order valence-electron chi connectivity index (χ4n) is 4.76. The van der Waals surface area contributed by atoms with Gasteiger partial charge in [0.15, 0.2) is 17.8 Å². The minimum absolute atomic E-state index is 0.00522. The molecular weight excluding hydrogens is 564 g/mol. The van der Waals surface area contributed by atoms with E-state index in [9.17, 15) is 45.6 Å². The maximum atomic E-state index is 12.4. The largest absolute Gasteiger partial charge is 0.504 e. The van der Waals surface area contributed by atoms with Crippen LogP contribution in [-0.4, -0.2) is 116 Å². The molecular formula is C27H30O15. The molecule has 0 amide bonds. The Morgan fingerprint density at radius 1 is 0.857 bits per heavy atom. The first-order chi connectivity index (χ1) is 20.0. The summed E-state index contributed by atoms with van der Waals surface area (Å²) in [5.74, 6) is -0.710. The highest BCUT2D eigenvalue weighted by Gasteiger charge is 2.46. The molecule has 0 spiro atoms. The molecule has 2 aromatic carbocycles. The van der Waals surface area contributed by atoms with Gasteiger partial charge in [-0.05, 0) is 17.7 Å². The molecule has 0 saturated carbocycles. The summed E-state index contributed by atoms with van der Waals surface area (Å²) in [5, 5.41) is 81.4. The topological polar surface area (TPSA) is 238 Å². The summed E-state index contributed by atoms with van der Waals surface area (Å²) in [7, 11) is 1.35. The number of benzene rings is 2. The first kappa shape index (κ1) is 30.0. The molecule has 2 aliphatic rings. The first-order valence-corrected chi connectivity index (χ1v) is 12.8. The Morgan fingerprint density at radius 2 is 1.60 bits per heavy atom. The van der Waals surface area contributed by atoms with Gasteiger partial charge in [-0.15, -0.1) is 0 Å². The van der Waals surface area contributed by atoms with Crippen molar-refractivity contribution in [1.82, 2.24) is 0 Å². The average Bonchev–Trinajstić information content (AvgIpc) is 2.97. The second-order valence-electron chi connectivity index (χ2n) is 9.90. The lowest BCUT2D eigenvalue weighted by molar-refractivity contribution is -0.307. The molecule has 1 aromatic heterocycles. The molecule has 2 fully saturated rings. The summed E-state index contributed by atoms with van der Waals surface area (Å²) in [6.45, 7) is -0.828. The van der Waals surface area contributed by atoms with Crippen LogP contribution in [0.25, 0.3) is 22.1 Å². The molecule has 9 atom stereocenters. The van der Waals surface area contributed by atoms with Crippen LogP contribution in [0, 0.1) is 0 Å². The minimum Gasteiger partial charge on any atom is -0.504 e. The van der Waals surface area contributed by atoms with Gasteiger partial charge in [-0.2, -0.15) is 0 Å². The second kappa shape index (κ2) is 12.0. The van der Waals surface area contributed by atoms with Crippen molar-refractivity contribution in [2.24, 2.45) is 0 Å². The lowest BCUT2D eigenvalue weighted by Gasteiger charge is -2.41. The van der Waals surface area contributed by atoms with Crippen molar-refractivity contribution >= 4 is 11.0 Å². The molecule has 42 heavy (non-hydrogen) atoms. The second-order valence-corrected chi connectivity index (χ2v) is 9.90. The van der Waals surface area contributed by atoms with E-state index in [0.717, 1.165) is 6.07 Å². The number of fused-ring (bicyclic) bond motifs is 1. The average molecular weight is 595 g/mol. The molecule has 0 aliphatic carbocycles. The minimum atomic E-state index is -1.79. The van der Waals surface area contributed by atoms with Crippen LogP contribution < -0.4 is 15.1 Å². The van der Waals surface area contributed by atoms with E-state index in [0.29, 0.717) is 5.56 Å². The Hall–Kier alpha value is -3.51. The highest BCUT2D eigenvalue weighted by Crippen LogP contribution is 2.41. The molecule has 2 saturated heterocycles. The maximum absolute atomic E-state index is 12.4. The summed E-state index contributed by atoms with van der Waals surface area (Å²) in [6.07, 6.45) is -14.1. The van der Waals surface area contributed by atoms with Gasteiger partial charge < -0.3 is 69.0 Å². The zero-order chi connectivity index (χ0) is 30.3. The van der Waals surface area contributed by atoms with Crippen LogP contribution in [0.2, 0.25) is 0 Å². The lowest BCUT2D eigenvalue weighted by Crippen LogP contribution is -2.61. The van der Waals surface area contributed by atoms with Crippen LogP contribution in [0.5, 0.6) is 23.0 Å². The van der Waals surface area contributed by atoms with Crippen molar-refractivity contribution in [3.8, 4) is 34.1 Å². The number of methoxy groups -OCH3 is 1. The molecule has 5 rings (SSSR count). The van der Waals surface area contributed by atoms with Crippen molar-refractivity contribution in [2.45, 2.75) is 55.3 Å². The molecule has 3 heterocycles. The van der Waals surface area contributed by atoms with Gasteiger partial charge in [0.05, 0.1) is 25.7 Å².